The van der Waals surface area contributed by atoms with Gasteiger partial charge in [-0.25, -0.2) is 5.09 Å². The predicted molar refractivity (Wildman–Crippen MR) is 64.8 cm³/mol. The summed E-state index contributed by atoms with van der Waals surface area (Å²) in [5, 5.41) is 2.81. The van der Waals surface area contributed by atoms with Crippen molar-refractivity contribution in [1.29, 1.82) is 0 Å². The van der Waals surface area contributed by atoms with Crippen LogP contribution in [-0.2, 0) is 4.57 Å². The molecule has 0 radical (unpaired) electrons. The van der Waals surface area contributed by atoms with Gasteiger partial charge >= 0.3 is 0 Å². The Balaban J connectivity index is 2.60. The minimum Gasteiger partial charge on any atom is -0.256 e. The lowest BCUT2D eigenvalue weighted by molar-refractivity contribution is 0.585. The van der Waals surface area contributed by atoms with Gasteiger partial charge in [0.05, 0.1) is 0 Å². The average Bonchev–Trinajstić information content (AvgIpc) is 2.28. The van der Waals surface area contributed by atoms with E-state index >= 15 is 0 Å². The van der Waals surface area contributed by atoms with Crippen molar-refractivity contribution in [2.45, 2.75) is 12.5 Å². The molecule has 0 aliphatic heterocycles. The second-order valence-corrected chi connectivity index (χ2v) is 3.56. The number of benzene rings is 1. The second-order valence-electron chi connectivity index (χ2n) is 3.12. The Morgan fingerprint density at radius 1 is 1.40 bits per heavy atom. The van der Waals surface area contributed by atoms with Crippen LogP contribution in [0.25, 0.3) is 6.08 Å². The summed E-state index contributed by atoms with van der Waals surface area (Å²) >= 11 is 0. The Bertz CT molecular complexity index is 325. The van der Waals surface area contributed by atoms with E-state index in [-0.39, 0.29) is 14.7 Å². The van der Waals surface area contributed by atoms with E-state index in [1.165, 1.54) is 0 Å². The van der Waals surface area contributed by atoms with E-state index in [2.05, 4.69) is 11.7 Å². The fourth-order valence-corrected chi connectivity index (χ4v) is 1.54. The molecule has 0 aliphatic carbocycles. The zero-order valence-electron chi connectivity index (χ0n) is 8.47. The maximum Gasteiger partial charge on any atom is 0.246 e. The molecular formula is C12H14NOP. The monoisotopic (exact) mass is 219 g/mol. The first kappa shape index (κ1) is 11.8. The Labute approximate surface area is 92.0 Å². The molecule has 0 fully saturated rings. The minimum absolute atomic E-state index is 0.0489. The van der Waals surface area contributed by atoms with Crippen LogP contribution in [0.15, 0.2) is 49.1 Å². The van der Waals surface area contributed by atoms with Crippen LogP contribution in [0.3, 0.4) is 0 Å². The first-order chi connectivity index (χ1) is 7.36. The van der Waals surface area contributed by atoms with Crippen LogP contribution in [0.4, 0.5) is 0 Å². The molecule has 3 heteroatoms. The van der Waals surface area contributed by atoms with Crippen molar-refractivity contribution in [2.24, 2.45) is 0 Å². The molecule has 0 aliphatic rings. The summed E-state index contributed by atoms with van der Waals surface area (Å²) in [6, 6.07) is 10.1. The fraction of sp³-hybridized carbons (Fsp3) is 0.167. The summed E-state index contributed by atoms with van der Waals surface area (Å²) in [5.41, 5.74) is 1.14. The van der Waals surface area contributed by atoms with Gasteiger partial charge in [0.25, 0.3) is 0 Å². The third-order valence-corrected chi connectivity index (χ3v) is 2.40. The summed E-state index contributed by atoms with van der Waals surface area (Å²) in [7, 11) is -0.0489. The van der Waals surface area contributed by atoms with E-state index in [4.69, 9.17) is 0 Å². The molecule has 1 unspecified atom stereocenters. The Morgan fingerprint density at radius 3 is 2.73 bits per heavy atom. The number of rotatable bonds is 6. The molecule has 15 heavy (non-hydrogen) atoms. The number of hydrogen-bond acceptors (Lipinski definition) is 1. The Kier molecular flexibility index (Phi) is 5.60. The van der Waals surface area contributed by atoms with Crippen molar-refractivity contribution >= 4 is 14.7 Å². The zero-order valence-corrected chi connectivity index (χ0v) is 9.36. The first-order valence-corrected chi connectivity index (χ1v) is 5.60. The van der Waals surface area contributed by atoms with Crippen LogP contribution in [0.1, 0.15) is 12.0 Å². The van der Waals surface area contributed by atoms with Gasteiger partial charge in [-0.3, -0.25) is 4.57 Å². The number of hydrogen-bond donors (Lipinski definition) is 1. The van der Waals surface area contributed by atoms with Gasteiger partial charge in [0.15, 0.2) is 0 Å². The van der Waals surface area contributed by atoms with E-state index in [0.29, 0.717) is 0 Å². The van der Waals surface area contributed by atoms with Crippen molar-refractivity contribution in [3.63, 3.8) is 0 Å². The average molecular weight is 219 g/mol. The first-order valence-electron chi connectivity index (χ1n) is 4.79. The van der Waals surface area contributed by atoms with Crippen LogP contribution in [0.2, 0.25) is 0 Å². The van der Waals surface area contributed by atoms with Gasteiger partial charge in [-0.05, 0) is 12.0 Å². The van der Waals surface area contributed by atoms with Gasteiger partial charge in [0, 0.05) is 6.04 Å². The van der Waals surface area contributed by atoms with Crippen molar-refractivity contribution in [2.75, 3.05) is 0 Å². The quantitative estimate of drug-likeness (QED) is 0.586. The summed E-state index contributed by atoms with van der Waals surface area (Å²) < 4.78 is 10.4. The lowest BCUT2D eigenvalue weighted by Gasteiger charge is -2.05. The van der Waals surface area contributed by atoms with Gasteiger partial charge in [0.2, 0.25) is 8.61 Å². The van der Waals surface area contributed by atoms with Crippen LogP contribution in [0.5, 0.6) is 0 Å². The van der Waals surface area contributed by atoms with Crippen molar-refractivity contribution in [3.8, 4) is 0 Å². The lowest BCUT2D eigenvalue weighted by atomic mass is 10.1. The van der Waals surface area contributed by atoms with Crippen LogP contribution in [-0.4, -0.2) is 6.04 Å². The maximum atomic E-state index is 10.4. The van der Waals surface area contributed by atoms with Crippen LogP contribution < -0.4 is 5.09 Å². The highest BCUT2D eigenvalue weighted by Gasteiger charge is 1.99. The van der Waals surface area contributed by atoms with Crippen molar-refractivity contribution < 1.29 is 4.57 Å². The minimum atomic E-state index is -0.0489. The van der Waals surface area contributed by atoms with Gasteiger partial charge in [-0.15, -0.1) is 6.58 Å². The molecule has 78 valence electrons. The summed E-state index contributed by atoms with van der Waals surface area (Å²) in [6.45, 7) is 3.66. The van der Waals surface area contributed by atoms with Gasteiger partial charge < -0.3 is 0 Å². The lowest BCUT2D eigenvalue weighted by Crippen LogP contribution is -2.16. The predicted octanol–water partition coefficient (Wildman–Crippen LogP) is 3.44. The molecule has 1 rings (SSSR count). The SMILES string of the molecule is C=CCC(/C=C/c1ccccc1)NP=O. The van der Waals surface area contributed by atoms with E-state index in [1.54, 1.807) is 6.08 Å². The van der Waals surface area contributed by atoms with E-state index in [1.807, 2.05) is 42.5 Å². The molecular weight excluding hydrogens is 205 g/mol. The largest absolute Gasteiger partial charge is 0.256 e. The topological polar surface area (TPSA) is 29.1 Å². The molecule has 1 atom stereocenters. The van der Waals surface area contributed by atoms with Crippen molar-refractivity contribution in [1.82, 2.24) is 5.09 Å². The maximum absolute atomic E-state index is 10.4. The van der Waals surface area contributed by atoms with Crippen molar-refractivity contribution in [3.05, 3.63) is 54.6 Å². The zero-order chi connectivity index (χ0) is 10.9. The summed E-state index contributed by atoms with van der Waals surface area (Å²) in [4.78, 5) is 0. The smallest absolute Gasteiger partial charge is 0.246 e. The molecule has 2 nitrogen and oxygen atoms in total. The molecule has 0 saturated carbocycles. The van der Waals surface area contributed by atoms with E-state index in [0.717, 1.165) is 12.0 Å². The normalized spacial score (nSPS) is 13.1. The molecule has 0 bridgehead atoms. The third-order valence-electron chi connectivity index (χ3n) is 1.96. The highest BCUT2D eigenvalue weighted by molar-refractivity contribution is 7.21. The molecule has 0 aromatic heterocycles. The van der Waals surface area contributed by atoms with Gasteiger partial charge in [0.1, 0.15) is 0 Å². The second kappa shape index (κ2) is 7.10. The van der Waals surface area contributed by atoms with Gasteiger partial charge in [-0.1, -0.05) is 48.6 Å². The highest BCUT2D eigenvalue weighted by Crippen LogP contribution is 2.05. The van der Waals surface area contributed by atoms with Crippen LogP contribution >= 0.6 is 8.61 Å². The molecule has 1 N–H and O–H groups in total. The van der Waals surface area contributed by atoms with E-state index < -0.39 is 0 Å². The third kappa shape index (κ3) is 4.68. The Hall–Kier alpha value is -1.24. The highest BCUT2D eigenvalue weighted by atomic mass is 31.1. The summed E-state index contributed by atoms with van der Waals surface area (Å²) in [5.74, 6) is 0. The van der Waals surface area contributed by atoms with E-state index in [9.17, 15) is 4.57 Å². The molecule has 0 spiro atoms. The molecule has 0 heterocycles. The summed E-state index contributed by atoms with van der Waals surface area (Å²) in [6.07, 6.45) is 6.56. The van der Waals surface area contributed by atoms with Gasteiger partial charge in [-0.2, -0.15) is 0 Å². The Morgan fingerprint density at radius 2 is 2.13 bits per heavy atom. The molecule has 1 aromatic rings. The molecule has 1 aromatic carbocycles. The standard InChI is InChI=1S/C12H14NOP/c1-2-6-12(13-15-14)10-9-11-7-4-3-5-8-11/h2-5,7-10,12H,1,6H2,(H,13,14)/b10-9+. The molecule has 0 saturated heterocycles. The molecule has 0 amide bonds. The fourth-order valence-electron chi connectivity index (χ4n) is 1.21. The number of nitrogens with one attached hydrogen (secondary N) is 1. The van der Waals surface area contributed by atoms with Crippen LogP contribution in [0, 0.1) is 0 Å².